The van der Waals surface area contributed by atoms with Crippen molar-refractivity contribution < 1.29 is 9.84 Å². The first-order valence-electron chi connectivity index (χ1n) is 5.73. The number of benzene rings is 1. The molecule has 4 nitrogen and oxygen atoms in total. The van der Waals surface area contributed by atoms with Gasteiger partial charge in [0.15, 0.2) is 0 Å². The van der Waals surface area contributed by atoms with E-state index in [-0.39, 0.29) is 0 Å². The molecule has 1 atom stereocenters. The van der Waals surface area contributed by atoms with E-state index in [9.17, 15) is 5.11 Å². The molecular formula is C14H16N2O2. The Morgan fingerprint density at radius 3 is 2.61 bits per heavy atom. The van der Waals surface area contributed by atoms with Gasteiger partial charge < -0.3 is 9.84 Å². The molecule has 1 unspecified atom stereocenters. The summed E-state index contributed by atoms with van der Waals surface area (Å²) in [5.74, 6) is 0.448. The number of ether oxygens (including phenoxy) is 1. The lowest BCUT2D eigenvalue weighted by Gasteiger charge is -2.14. The van der Waals surface area contributed by atoms with E-state index in [0.717, 1.165) is 11.1 Å². The van der Waals surface area contributed by atoms with Crippen LogP contribution in [0.1, 0.15) is 28.5 Å². The first kappa shape index (κ1) is 12.5. The molecule has 18 heavy (non-hydrogen) atoms. The van der Waals surface area contributed by atoms with E-state index in [1.165, 1.54) is 19.0 Å². The first-order valence-corrected chi connectivity index (χ1v) is 5.73. The number of aryl methyl sites for hydroxylation is 2. The number of methoxy groups -OCH3 is 1. The molecule has 0 amide bonds. The molecule has 2 rings (SSSR count). The minimum absolute atomic E-state index is 0.448. The lowest BCUT2D eigenvalue weighted by atomic mass is 9.99. The van der Waals surface area contributed by atoms with Gasteiger partial charge in [-0.25, -0.2) is 9.97 Å². The maximum atomic E-state index is 10.3. The molecule has 94 valence electrons. The Morgan fingerprint density at radius 1 is 1.17 bits per heavy atom. The van der Waals surface area contributed by atoms with Gasteiger partial charge in [0.05, 0.1) is 12.8 Å². The van der Waals surface area contributed by atoms with E-state index < -0.39 is 6.10 Å². The topological polar surface area (TPSA) is 55.2 Å². The van der Waals surface area contributed by atoms with Crippen LogP contribution in [0.4, 0.5) is 0 Å². The number of hydrogen-bond donors (Lipinski definition) is 1. The molecule has 0 radical (unpaired) electrons. The lowest BCUT2D eigenvalue weighted by Crippen LogP contribution is -2.05. The predicted molar refractivity (Wildman–Crippen MR) is 68.6 cm³/mol. The number of aliphatic hydroxyl groups is 1. The minimum atomic E-state index is -0.762. The van der Waals surface area contributed by atoms with Gasteiger partial charge in [0, 0.05) is 6.07 Å². The fourth-order valence-electron chi connectivity index (χ4n) is 1.91. The van der Waals surface area contributed by atoms with Crippen LogP contribution in [-0.4, -0.2) is 22.2 Å². The van der Waals surface area contributed by atoms with Crippen LogP contribution in [0.5, 0.6) is 5.88 Å². The number of aliphatic hydroxyl groups excluding tert-OH is 1. The van der Waals surface area contributed by atoms with Crippen LogP contribution in [-0.2, 0) is 0 Å². The second-order valence-corrected chi connectivity index (χ2v) is 4.25. The third-order valence-electron chi connectivity index (χ3n) is 2.87. The van der Waals surface area contributed by atoms with E-state index >= 15 is 0 Å². The maximum Gasteiger partial charge on any atom is 0.216 e. The van der Waals surface area contributed by atoms with Crippen molar-refractivity contribution in [2.75, 3.05) is 7.11 Å². The molecule has 4 heteroatoms. The number of hydrogen-bond acceptors (Lipinski definition) is 4. The van der Waals surface area contributed by atoms with Gasteiger partial charge in [0.2, 0.25) is 5.88 Å². The zero-order chi connectivity index (χ0) is 13.1. The summed E-state index contributed by atoms with van der Waals surface area (Å²) >= 11 is 0. The summed E-state index contributed by atoms with van der Waals surface area (Å²) in [5.41, 5.74) is 3.60. The first-order chi connectivity index (χ1) is 8.61. The Balaban J connectivity index is 2.37. The molecular weight excluding hydrogens is 228 g/mol. The molecule has 0 fully saturated rings. The van der Waals surface area contributed by atoms with Crippen LogP contribution in [0, 0.1) is 13.8 Å². The van der Waals surface area contributed by atoms with Crippen molar-refractivity contribution in [3.05, 3.63) is 53.0 Å². The van der Waals surface area contributed by atoms with E-state index in [0.29, 0.717) is 11.6 Å². The summed E-state index contributed by atoms with van der Waals surface area (Å²) in [7, 11) is 1.54. The van der Waals surface area contributed by atoms with Crippen LogP contribution in [0.25, 0.3) is 0 Å². The van der Waals surface area contributed by atoms with Gasteiger partial charge in [0.1, 0.15) is 12.4 Å². The van der Waals surface area contributed by atoms with E-state index in [4.69, 9.17) is 4.74 Å². The third-order valence-corrected chi connectivity index (χ3v) is 2.87. The zero-order valence-electron chi connectivity index (χ0n) is 10.7. The average Bonchev–Trinajstić information content (AvgIpc) is 2.38. The molecule has 1 aromatic carbocycles. The van der Waals surface area contributed by atoms with E-state index in [1.807, 2.05) is 32.0 Å². The number of nitrogens with zero attached hydrogens (tertiary/aromatic N) is 2. The highest BCUT2D eigenvalue weighted by atomic mass is 16.5. The van der Waals surface area contributed by atoms with Crippen molar-refractivity contribution in [1.82, 2.24) is 9.97 Å². The maximum absolute atomic E-state index is 10.3. The van der Waals surface area contributed by atoms with Crippen LogP contribution in [0.15, 0.2) is 30.6 Å². The van der Waals surface area contributed by atoms with Crippen molar-refractivity contribution in [1.29, 1.82) is 0 Å². The van der Waals surface area contributed by atoms with Gasteiger partial charge in [-0.2, -0.15) is 0 Å². The number of rotatable bonds is 3. The third kappa shape index (κ3) is 2.49. The van der Waals surface area contributed by atoms with Crippen LogP contribution < -0.4 is 4.74 Å². The summed E-state index contributed by atoms with van der Waals surface area (Å²) < 4.78 is 5.03. The normalized spacial score (nSPS) is 12.2. The summed E-state index contributed by atoms with van der Waals surface area (Å²) in [4.78, 5) is 8.01. The van der Waals surface area contributed by atoms with Gasteiger partial charge in [-0.1, -0.05) is 23.8 Å². The second-order valence-electron chi connectivity index (χ2n) is 4.25. The van der Waals surface area contributed by atoms with Crippen molar-refractivity contribution in [2.45, 2.75) is 20.0 Å². The Hall–Kier alpha value is -1.94. The van der Waals surface area contributed by atoms with Crippen molar-refractivity contribution in [2.24, 2.45) is 0 Å². The lowest BCUT2D eigenvalue weighted by molar-refractivity contribution is 0.213. The van der Waals surface area contributed by atoms with E-state index in [1.54, 1.807) is 6.07 Å². The second kappa shape index (κ2) is 5.14. The molecule has 2 aromatic rings. The highest BCUT2D eigenvalue weighted by Crippen LogP contribution is 2.25. The Bertz CT molecular complexity index is 555. The quantitative estimate of drug-likeness (QED) is 0.899. The summed E-state index contributed by atoms with van der Waals surface area (Å²) in [6.07, 6.45) is 0.628. The molecule has 0 spiro atoms. The van der Waals surface area contributed by atoms with Crippen LogP contribution in [0.2, 0.25) is 0 Å². The van der Waals surface area contributed by atoms with Crippen LogP contribution in [0.3, 0.4) is 0 Å². The smallest absolute Gasteiger partial charge is 0.216 e. The molecule has 0 saturated heterocycles. The van der Waals surface area contributed by atoms with Crippen molar-refractivity contribution in [3.8, 4) is 5.88 Å². The SMILES string of the molecule is COc1cc(C(O)c2ccc(C)cc2C)ncn1. The average molecular weight is 244 g/mol. The van der Waals surface area contributed by atoms with Gasteiger partial charge in [-0.3, -0.25) is 0 Å². The Labute approximate surface area is 106 Å². The summed E-state index contributed by atoms with van der Waals surface area (Å²) in [6.45, 7) is 4.00. The molecule has 0 aliphatic heterocycles. The molecule has 1 N–H and O–H groups in total. The summed E-state index contributed by atoms with van der Waals surface area (Å²) in [5, 5.41) is 10.3. The van der Waals surface area contributed by atoms with Gasteiger partial charge in [-0.15, -0.1) is 0 Å². The molecule has 1 heterocycles. The molecule has 0 aliphatic rings. The molecule has 0 aliphatic carbocycles. The molecule has 0 bridgehead atoms. The van der Waals surface area contributed by atoms with E-state index in [2.05, 4.69) is 9.97 Å². The minimum Gasteiger partial charge on any atom is -0.481 e. The zero-order valence-corrected chi connectivity index (χ0v) is 10.7. The van der Waals surface area contributed by atoms with Gasteiger partial charge in [0.25, 0.3) is 0 Å². The van der Waals surface area contributed by atoms with Crippen molar-refractivity contribution in [3.63, 3.8) is 0 Å². The highest BCUT2D eigenvalue weighted by molar-refractivity contribution is 5.36. The molecule has 0 saturated carbocycles. The Morgan fingerprint density at radius 2 is 1.94 bits per heavy atom. The van der Waals surface area contributed by atoms with Crippen LogP contribution >= 0.6 is 0 Å². The van der Waals surface area contributed by atoms with Gasteiger partial charge >= 0.3 is 0 Å². The molecule has 1 aromatic heterocycles. The highest BCUT2D eigenvalue weighted by Gasteiger charge is 2.15. The fourth-order valence-corrected chi connectivity index (χ4v) is 1.91. The monoisotopic (exact) mass is 244 g/mol. The van der Waals surface area contributed by atoms with Gasteiger partial charge in [-0.05, 0) is 25.0 Å². The standard InChI is InChI=1S/C14H16N2O2/c1-9-4-5-11(10(2)6-9)14(17)12-7-13(18-3)16-8-15-12/h4-8,14,17H,1-3H3. The largest absolute Gasteiger partial charge is 0.481 e. The number of aromatic nitrogens is 2. The Kier molecular flexibility index (Phi) is 3.58. The fraction of sp³-hybridized carbons (Fsp3) is 0.286. The summed E-state index contributed by atoms with van der Waals surface area (Å²) in [6, 6.07) is 7.58. The predicted octanol–water partition coefficient (Wildman–Crippen LogP) is 2.18. The van der Waals surface area contributed by atoms with Crippen molar-refractivity contribution >= 4 is 0 Å².